The number of nitrogens with zero attached hydrogens (tertiary/aromatic N) is 3. The average molecular weight is 838 g/mol. The molecule has 5 aromatic rings. The smallest absolute Gasteiger partial charge is 0.264 e. The molecule has 0 saturated carbocycles. The van der Waals surface area contributed by atoms with Gasteiger partial charge in [-0.25, -0.2) is 13.1 Å². The summed E-state index contributed by atoms with van der Waals surface area (Å²) in [6, 6.07) is 38.0. The molecule has 0 aromatic heterocycles. The Hall–Kier alpha value is -4.85. The number of hydrogen-bond acceptors (Lipinski definition) is 9. The minimum atomic E-state index is -4.17. The highest BCUT2D eigenvalue weighted by Gasteiger charge is 2.24. The van der Waals surface area contributed by atoms with Crippen LogP contribution in [0.15, 0.2) is 131 Å². The summed E-state index contributed by atoms with van der Waals surface area (Å²) in [7, 11) is -4.17. The SMILES string of the molecule is Cc1cc(S(=O)(=O)NC(=O)c2ccc(N3CCN(Cc4ccccc4-c4ccc(Cl)cc4)CC3)cc2)ccc1N[C@@H](CSc1ccccc1)CC(=O)N1CCOCC1. The first-order valence-electron chi connectivity index (χ1n) is 19.5. The fraction of sp³-hybridized carbons (Fsp3) is 0.289. The maximum Gasteiger partial charge on any atom is 0.264 e. The fourth-order valence-corrected chi connectivity index (χ4v) is 9.37. The van der Waals surface area contributed by atoms with Crippen molar-refractivity contribution in [3.8, 4) is 11.1 Å². The van der Waals surface area contributed by atoms with Gasteiger partial charge in [-0.05, 0) is 95.9 Å². The lowest BCUT2D eigenvalue weighted by Gasteiger charge is -2.36. The molecule has 2 aliphatic heterocycles. The summed E-state index contributed by atoms with van der Waals surface area (Å²) in [4.78, 5) is 34.1. The Morgan fingerprint density at radius 2 is 1.50 bits per heavy atom. The van der Waals surface area contributed by atoms with Crippen LogP contribution in [0.2, 0.25) is 5.02 Å². The number of morpholine rings is 1. The van der Waals surface area contributed by atoms with E-state index in [1.54, 1.807) is 36.0 Å². The number of aryl methyl sites for hydroxylation is 1. The van der Waals surface area contributed by atoms with Gasteiger partial charge in [0.15, 0.2) is 0 Å². The molecule has 2 aliphatic rings. The zero-order valence-corrected chi connectivity index (χ0v) is 34.9. The van der Waals surface area contributed by atoms with Gasteiger partial charge in [-0.15, -0.1) is 11.8 Å². The van der Waals surface area contributed by atoms with Crippen LogP contribution in [0.4, 0.5) is 11.4 Å². The maximum absolute atomic E-state index is 13.4. The Kier molecular flexibility index (Phi) is 13.7. The number of piperazine rings is 1. The van der Waals surface area contributed by atoms with Gasteiger partial charge in [-0.3, -0.25) is 14.5 Å². The Balaban J connectivity index is 0.937. The first kappa shape index (κ1) is 41.3. The molecule has 2 fully saturated rings. The minimum Gasteiger partial charge on any atom is -0.381 e. The van der Waals surface area contributed by atoms with Crippen molar-refractivity contribution in [2.24, 2.45) is 0 Å². The van der Waals surface area contributed by atoms with E-state index in [4.69, 9.17) is 16.3 Å². The number of sulfonamides is 1. The van der Waals surface area contributed by atoms with Gasteiger partial charge in [0.1, 0.15) is 0 Å². The van der Waals surface area contributed by atoms with Crippen LogP contribution in [0, 0.1) is 6.92 Å². The van der Waals surface area contributed by atoms with Crippen LogP contribution in [0.5, 0.6) is 0 Å². The molecule has 0 bridgehead atoms. The molecule has 13 heteroatoms. The summed E-state index contributed by atoms with van der Waals surface area (Å²) in [5.74, 6) is -0.0192. The number of ether oxygens (including phenoxy) is 1. The summed E-state index contributed by atoms with van der Waals surface area (Å²) in [6.45, 7) is 8.25. The molecule has 0 radical (unpaired) electrons. The molecule has 10 nitrogen and oxygen atoms in total. The van der Waals surface area contributed by atoms with Crippen LogP contribution < -0.4 is 14.9 Å². The fourth-order valence-electron chi connectivity index (χ4n) is 7.24. The molecule has 302 valence electrons. The van der Waals surface area contributed by atoms with Crippen LogP contribution in [0.1, 0.15) is 27.9 Å². The molecule has 2 heterocycles. The van der Waals surface area contributed by atoms with Crippen molar-refractivity contribution < 1.29 is 22.7 Å². The van der Waals surface area contributed by atoms with Crippen LogP contribution in [0.3, 0.4) is 0 Å². The second-order valence-electron chi connectivity index (χ2n) is 14.5. The number of benzene rings is 5. The van der Waals surface area contributed by atoms with Gasteiger partial charge in [0.25, 0.3) is 15.9 Å². The molecule has 2 amide bonds. The number of nitrogens with one attached hydrogen (secondary N) is 2. The van der Waals surface area contributed by atoms with Gasteiger partial charge in [-0.2, -0.15) is 0 Å². The number of hydrogen-bond donors (Lipinski definition) is 2. The molecule has 0 aliphatic carbocycles. The molecule has 58 heavy (non-hydrogen) atoms. The van der Waals surface area contributed by atoms with E-state index in [2.05, 4.69) is 56.2 Å². The van der Waals surface area contributed by atoms with Gasteiger partial charge >= 0.3 is 0 Å². The molecular weight excluding hydrogens is 790 g/mol. The van der Waals surface area contributed by atoms with Crippen LogP contribution in [-0.2, 0) is 26.1 Å². The molecule has 0 spiro atoms. The second kappa shape index (κ2) is 19.3. The second-order valence-corrected chi connectivity index (χ2v) is 17.8. The third kappa shape index (κ3) is 10.8. The van der Waals surface area contributed by atoms with Crippen LogP contribution >= 0.6 is 23.4 Å². The monoisotopic (exact) mass is 837 g/mol. The first-order valence-corrected chi connectivity index (χ1v) is 22.3. The summed E-state index contributed by atoms with van der Waals surface area (Å²) >= 11 is 7.78. The third-order valence-corrected chi connectivity index (χ3v) is 13.3. The van der Waals surface area contributed by atoms with E-state index in [1.807, 2.05) is 66.4 Å². The Bertz CT molecular complexity index is 2280. The number of carbonyl (C=O) groups excluding carboxylic acids is 2. The van der Waals surface area contributed by atoms with E-state index in [1.165, 1.54) is 17.2 Å². The lowest BCUT2D eigenvalue weighted by atomic mass is 9.99. The molecule has 2 N–H and O–H groups in total. The number of halogens is 1. The van der Waals surface area contributed by atoms with Crippen molar-refractivity contribution in [2.75, 3.05) is 68.5 Å². The number of carbonyl (C=O) groups is 2. The number of amides is 2. The number of thioether (sulfide) groups is 1. The Labute approximate surface area is 350 Å². The molecular formula is C45H48ClN5O5S2. The zero-order valence-electron chi connectivity index (χ0n) is 32.5. The van der Waals surface area contributed by atoms with Gasteiger partial charge < -0.3 is 19.9 Å². The number of anilines is 2. The maximum atomic E-state index is 13.4. The highest BCUT2D eigenvalue weighted by atomic mass is 35.5. The largest absolute Gasteiger partial charge is 0.381 e. The van der Waals surface area contributed by atoms with Crippen molar-refractivity contribution in [1.82, 2.24) is 14.5 Å². The highest BCUT2D eigenvalue weighted by Crippen LogP contribution is 2.28. The summed E-state index contributed by atoms with van der Waals surface area (Å²) in [6.07, 6.45) is 0.283. The van der Waals surface area contributed by atoms with Crippen molar-refractivity contribution in [3.05, 3.63) is 143 Å². The lowest BCUT2D eigenvalue weighted by Crippen LogP contribution is -2.46. The predicted molar refractivity (Wildman–Crippen MR) is 233 cm³/mol. The van der Waals surface area contributed by atoms with Gasteiger partial charge in [-0.1, -0.05) is 66.2 Å². The molecule has 7 rings (SSSR count). The van der Waals surface area contributed by atoms with Gasteiger partial charge in [0.05, 0.1) is 18.1 Å². The predicted octanol–water partition coefficient (Wildman–Crippen LogP) is 7.58. The lowest BCUT2D eigenvalue weighted by molar-refractivity contribution is -0.135. The average Bonchev–Trinajstić information content (AvgIpc) is 3.25. The van der Waals surface area contributed by atoms with Gasteiger partial charge in [0.2, 0.25) is 5.91 Å². The van der Waals surface area contributed by atoms with E-state index in [0.717, 1.165) is 59.6 Å². The van der Waals surface area contributed by atoms with Crippen molar-refractivity contribution in [2.45, 2.75) is 35.7 Å². The summed E-state index contributed by atoms with van der Waals surface area (Å²) < 4.78 is 34.5. The van der Waals surface area contributed by atoms with Gasteiger partial charge in [0, 0.05) is 90.9 Å². The van der Waals surface area contributed by atoms with Crippen molar-refractivity contribution >= 4 is 56.6 Å². The summed E-state index contributed by atoms with van der Waals surface area (Å²) in [5.41, 5.74) is 6.24. The Morgan fingerprint density at radius 3 is 2.21 bits per heavy atom. The van der Waals surface area contributed by atoms with E-state index < -0.39 is 15.9 Å². The van der Waals surface area contributed by atoms with E-state index in [9.17, 15) is 18.0 Å². The summed E-state index contributed by atoms with van der Waals surface area (Å²) in [5, 5.41) is 4.21. The molecule has 1 atom stereocenters. The van der Waals surface area contributed by atoms with Crippen molar-refractivity contribution in [1.29, 1.82) is 0 Å². The van der Waals surface area contributed by atoms with Crippen LogP contribution in [-0.4, -0.2) is 94.3 Å². The zero-order chi connectivity index (χ0) is 40.5. The Morgan fingerprint density at radius 1 is 0.810 bits per heavy atom. The number of rotatable bonds is 14. The third-order valence-electron chi connectivity index (χ3n) is 10.5. The van der Waals surface area contributed by atoms with Crippen molar-refractivity contribution in [3.63, 3.8) is 0 Å². The van der Waals surface area contributed by atoms with E-state index in [0.29, 0.717) is 37.6 Å². The van der Waals surface area contributed by atoms with E-state index in [-0.39, 0.29) is 28.8 Å². The molecule has 2 saturated heterocycles. The minimum absolute atomic E-state index is 0.0196. The normalized spacial score (nSPS) is 15.5. The first-order chi connectivity index (χ1) is 28.1. The topological polar surface area (TPSA) is 111 Å². The highest BCUT2D eigenvalue weighted by molar-refractivity contribution is 7.99. The van der Waals surface area contributed by atoms with E-state index >= 15 is 0 Å². The van der Waals surface area contributed by atoms with Crippen LogP contribution in [0.25, 0.3) is 11.1 Å². The quantitative estimate of drug-likeness (QED) is 0.110. The standard InChI is InChI=1S/C45H48ClN5O5S2/c1-33-29-41(19-20-43(33)47-38(32-57-40-8-3-2-4-9-40)30-44(52)51-25-27-56-28-26-51)58(54,55)48-45(53)35-13-17-39(18-14-35)50-23-21-49(22-24-50)31-36-7-5-6-10-42(36)34-11-15-37(46)16-12-34/h2-20,29,38,47H,21-28,30-32H2,1H3,(H,48,53)/t38-/m1/s1. The molecule has 5 aromatic carbocycles. The molecule has 0 unspecified atom stereocenters.